The maximum atomic E-state index is 11.6. The first-order valence-electron chi connectivity index (χ1n) is 7.31. The van der Waals surface area contributed by atoms with Crippen LogP contribution in [-0.2, 0) is 4.79 Å². The molecule has 20 heavy (non-hydrogen) atoms. The molecule has 2 N–H and O–H groups in total. The van der Waals surface area contributed by atoms with Crippen molar-refractivity contribution < 1.29 is 9.90 Å². The van der Waals surface area contributed by atoms with Crippen molar-refractivity contribution in [2.45, 2.75) is 19.3 Å². The third-order valence-corrected chi connectivity index (χ3v) is 3.67. The van der Waals surface area contributed by atoms with Gasteiger partial charge in [0.2, 0.25) is 5.91 Å². The van der Waals surface area contributed by atoms with Crippen molar-refractivity contribution >= 4 is 5.91 Å². The lowest BCUT2D eigenvalue weighted by Crippen LogP contribution is -2.41. The minimum atomic E-state index is -0.0135. The number of hydrogen-bond donors (Lipinski definition) is 2. The van der Waals surface area contributed by atoms with E-state index in [2.05, 4.69) is 10.2 Å². The number of nitrogens with zero attached hydrogens (tertiary/aromatic N) is 3. The Morgan fingerprint density at radius 1 is 1.50 bits per heavy atom. The van der Waals surface area contributed by atoms with Crippen LogP contribution in [0.25, 0.3) is 0 Å². The van der Waals surface area contributed by atoms with E-state index in [1.54, 1.807) is 0 Å². The largest absolute Gasteiger partial charge is 0.395 e. The van der Waals surface area contributed by atoms with Crippen LogP contribution < -0.4 is 5.32 Å². The second-order valence-corrected chi connectivity index (χ2v) is 5.46. The van der Waals surface area contributed by atoms with Gasteiger partial charge in [-0.3, -0.25) is 9.69 Å². The fourth-order valence-corrected chi connectivity index (χ4v) is 2.60. The van der Waals surface area contributed by atoms with Gasteiger partial charge in [-0.25, -0.2) is 0 Å². The van der Waals surface area contributed by atoms with Crippen molar-refractivity contribution in [3.63, 3.8) is 0 Å². The van der Waals surface area contributed by atoms with Crippen LogP contribution in [0.15, 0.2) is 0 Å². The van der Waals surface area contributed by atoms with E-state index in [1.165, 1.54) is 0 Å². The fourth-order valence-electron chi connectivity index (χ4n) is 2.60. The molecule has 6 nitrogen and oxygen atoms in total. The van der Waals surface area contributed by atoms with E-state index in [4.69, 9.17) is 10.4 Å². The summed E-state index contributed by atoms with van der Waals surface area (Å²) in [7, 11) is 1.96. The number of carbonyl (C=O) groups excluding carboxylic acids is 1. The molecule has 1 heterocycles. The Kier molecular flexibility index (Phi) is 8.19. The van der Waals surface area contributed by atoms with Crippen molar-refractivity contribution in [1.29, 1.82) is 5.26 Å². The number of likely N-dealkylation sites (tertiary alicyclic amines) is 1. The Morgan fingerprint density at radius 3 is 2.80 bits per heavy atom. The first kappa shape index (κ1) is 16.9. The van der Waals surface area contributed by atoms with Gasteiger partial charge in [0.15, 0.2) is 0 Å². The number of aliphatic hydroxyl groups is 1. The lowest BCUT2D eigenvalue weighted by atomic mass is 9.96. The van der Waals surface area contributed by atoms with Gasteiger partial charge >= 0.3 is 0 Å². The van der Waals surface area contributed by atoms with Crippen LogP contribution in [0.5, 0.6) is 0 Å². The molecule has 6 heteroatoms. The van der Waals surface area contributed by atoms with E-state index in [0.717, 1.165) is 39.0 Å². The Labute approximate surface area is 121 Å². The van der Waals surface area contributed by atoms with E-state index in [1.807, 2.05) is 18.0 Å². The maximum absolute atomic E-state index is 11.6. The van der Waals surface area contributed by atoms with Crippen molar-refractivity contribution in [3.05, 3.63) is 0 Å². The summed E-state index contributed by atoms with van der Waals surface area (Å²) < 4.78 is 0. The summed E-state index contributed by atoms with van der Waals surface area (Å²) in [6.45, 7) is 4.82. The van der Waals surface area contributed by atoms with Crippen LogP contribution in [0.2, 0.25) is 0 Å². The molecule has 0 aromatic heterocycles. The molecule has 114 valence electrons. The molecule has 1 aliphatic rings. The normalized spacial score (nSPS) is 17.1. The molecule has 0 aliphatic carbocycles. The zero-order chi connectivity index (χ0) is 14.8. The molecule has 0 atom stereocenters. The van der Waals surface area contributed by atoms with Gasteiger partial charge in [-0.1, -0.05) is 0 Å². The fraction of sp³-hybridized carbons (Fsp3) is 0.857. The molecule has 0 aromatic carbocycles. The van der Waals surface area contributed by atoms with Gasteiger partial charge in [0.05, 0.1) is 25.6 Å². The topological polar surface area (TPSA) is 79.6 Å². The Balaban J connectivity index is 2.15. The number of likely N-dealkylation sites (N-methyl/N-ethyl adjacent to an activating group) is 1. The number of β-amino-alcohol motifs (C(OH)–C–C–N with tert-alkyl or cyclic N) is 1. The van der Waals surface area contributed by atoms with Gasteiger partial charge in [0, 0.05) is 19.6 Å². The Bertz CT molecular complexity index is 322. The minimum Gasteiger partial charge on any atom is -0.395 e. The molecule has 0 spiro atoms. The molecular formula is C14H26N4O2. The summed E-state index contributed by atoms with van der Waals surface area (Å²) >= 11 is 0. The highest BCUT2D eigenvalue weighted by Gasteiger charge is 2.20. The average molecular weight is 282 g/mol. The van der Waals surface area contributed by atoms with Gasteiger partial charge in [-0.05, 0) is 38.9 Å². The van der Waals surface area contributed by atoms with Crippen LogP contribution in [0.4, 0.5) is 0 Å². The molecule has 0 unspecified atom stereocenters. The summed E-state index contributed by atoms with van der Waals surface area (Å²) in [6.07, 6.45) is 2.61. The van der Waals surface area contributed by atoms with Crippen molar-refractivity contribution in [3.8, 4) is 6.07 Å². The molecule has 0 saturated carbocycles. The van der Waals surface area contributed by atoms with E-state index >= 15 is 0 Å². The van der Waals surface area contributed by atoms with Crippen LogP contribution >= 0.6 is 0 Å². The van der Waals surface area contributed by atoms with Gasteiger partial charge < -0.3 is 15.3 Å². The van der Waals surface area contributed by atoms with Crippen molar-refractivity contribution in [2.24, 2.45) is 5.92 Å². The van der Waals surface area contributed by atoms with Gasteiger partial charge in [-0.15, -0.1) is 0 Å². The number of nitrogens with one attached hydrogen (secondary N) is 1. The predicted octanol–water partition coefficient (Wildman–Crippen LogP) is -0.348. The molecule has 0 bridgehead atoms. The van der Waals surface area contributed by atoms with E-state index < -0.39 is 0 Å². The van der Waals surface area contributed by atoms with Gasteiger partial charge in [-0.2, -0.15) is 5.26 Å². The Hall–Kier alpha value is -1.16. The number of carbonyl (C=O) groups is 1. The molecular weight excluding hydrogens is 256 g/mol. The number of piperidine rings is 1. The molecule has 0 radical (unpaired) electrons. The standard InChI is InChI=1S/C14H26N4O2/c1-17(12-14(20)16-6-2-5-15)11-13-3-7-18(8-4-13)9-10-19/h13,19H,2-4,6-12H2,1H3,(H,16,20). The lowest BCUT2D eigenvalue weighted by Gasteiger charge is -2.33. The predicted molar refractivity (Wildman–Crippen MR) is 77.0 cm³/mol. The van der Waals surface area contributed by atoms with E-state index in [0.29, 0.717) is 25.4 Å². The highest BCUT2D eigenvalue weighted by atomic mass is 16.3. The van der Waals surface area contributed by atoms with Crippen molar-refractivity contribution in [2.75, 3.05) is 52.9 Å². The smallest absolute Gasteiger partial charge is 0.234 e. The molecule has 1 rings (SSSR count). The van der Waals surface area contributed by atoms with Crippen LogP contribution in [-0.4, -0.2) is 73.7 Å². The Morgan fingerprint density at radius 2 is 2.20 bits per heavy atom. The highest BCUT2D eigenvalue weighted by molar-refractivity contribution is 5.77. The zero-order valence-electron chi connectivity index (χ0n) is 12.3. The van der Waals surface area contributed by atoms with Gasteiger partial charge in [0.1, 0.15) is 0 Å². The third-order valence-electron chi connectivity index (χ3n) is 3.67. The second-order valence-electron chi connectivity index (χ2n) is 5.46. The zero-order valence-corrected chi connectivity index (χ0v) is 12.3. The van der Waals surface area contributed by atoms with Crippen LogP contribution in [0, 0.1) is 17.2 Å². The molecule has 0 aromatic rings. The number of hydrogen-bond acceptors (Lipinski definition) is 5. The molecule has 1 fully saturated rings. The maximum Gasteiger partial charge on any atom is 0.234 e. The highest BCUT2D eigenvalue weighted by Crippen LogP contribution is 2.17. The second kappa shape index (κ2) is 9.70. The first-order valence-corrected chi connectivity index (χ1v) is 7.31. The lowest BCUT2D eigenvalue weighted by molar-refractivity contribution is -0.122. The molecule has 1 aliphatic heterocycles. The minimum absolute atomic E-state index is 0.0135. The first-order chi connectivity index (χ1) is 9.65. The summed E-state index contributed by atoms with van der Waals surface area (Å²) in [5, 5.41) is 20.0. The molecule has 1 saturated heterocycles. The SMILES string of the molecule is CN(CC(=O)NCCC#N)CC1CCN(CCO)CC1. The number of rotatable bonds is 8. The third kappa shape index (κ3) is 6.85. The van der Waals surface area contributed by atoms with E-state index in [-0.39, 0.29) is 12.5 Å². The summed E-state index contributed by atoms with van der Waals surface area (Å²) in [5.74, 6) is 0.613. The van der Waals surface area contributed by atoms with Crippen LogP contribution in [0.3, 0.4) is 0 Å². The van der Waals surface area contributed by atoms with Crippen molar-refractivity contribution in [1.82, 2.24) is 15.1 Å². The van der Waals surface area contributed by atoms with E-state index in [9.17, 15) is 4.79 Å². The quantitative estimate of drug-likeness (QED) is 0.595. The molecule has 1 amide bonds. The van der Waals surface area contributed by atoms with Gasteiger partial charge in [0.25, 0.3) is 0 Å². The number of amides is 1. The summed E-state index contributed by atoms with van der Waals surface area (Å²) in [4.78, 5) is 15.9. The monoisotopic (exact) mass is 282 g/mol. The summed E-state index contributed by atoms with van der Waals surface area (Å²) in [5.41, 5.74) is 0. The number of nitriles is 1. The average Bonchev–Trinajstić information content (AvgIpc) is 2.41. The number of aliphatic hydroxyl groups excluding tert-OH is 1. The summed E-state index contributed by atoms with van der Waals surface area (Å²) in [6, 6.07) is 2.01. The van der Waals surface area contributed by atoms with Crippen LogP contribution in [0.1, 0.15) is 19.3 Å².